The Bertz CT molecular complexity index is 234. The van der Waals surface area contributed by atoms with Crippen LogP contribution < -0.4 is 15.3 Å². The van der Waals surface area contributed by atoms with E-state index in [-0.39, 0.29) is 6.42 Å². The number of rotatable bonds is 7. The minimum Gasteiger partial charge on any atom is -0.549 e. The Kier molecular flexibility index (Phi) is 4.77. The highest BCUT2D eigenvalue weighted by atomic mass is 16.4. The van der Waals surface area contributed by atoms with Gasteiger partial charge in [0.15, 0.2) is 0 Å². The first kappa shape index (κ1) is 13.4. The van der Waals surface area contributed by atoms with Gasteiger partial charge < -0.3 is 29.7 Å². The van der Waals surface area contributed by atoms with Crippen molar-refractivity contribution in [3.8, 4) is 0 Å². The number of carboxylic acid groups (broad SMARTS) is 3. The van der Waals surface area contributed by atoms with Crippen molar-refractivity contribution in [1.82, 2.24) is 0 Å². The van der Waals surface area contributed by atoms with E-state index in [1.54, 1.807) is 6.92 Å². The summed E-state index contributed by atoms with van der Waals surface area (Å²) in [6, 6.07) is 0. The molecule has 0 aromatic heterocycles. The monoisotopic (exact) mass is 215 g/mol. The predicted octanol–water partition coefficient (Wildman–Crippen LogP) is -3.20. The molecule has 0 atom stereocenters. The molecule has 6 nitrogen and oxygen atoms in total. The van der Waals surface area contributed by atoms with Crippen molar-refractivity contribution in [2.24, 2.45) is 5.41 Å². The number of carbonyl (C=O) groups is 3. The van der Waals surface area contributed by atoms with E-state index in [1.807, 2.05) is 0 Å². The zero-order chi connectivity index (χ0) is 12.1. The molecule has 86 valence electrons. The molecule has 0 aliphatic carbocycles. The molecule has 0 saturated carbocycles. The summed E-state index contributed by atoms with van der Waals surface area (Å²) in [5.41, 5.74) is -3.03. The number of hydrogen-bond donors (Lipinski definition) is 0. The third kappa shape index (κ3) is 2.68. The highest BCUT2D eigenvalue weighted by Gasteiger charge is 2.34. The molecule has 0 rings (SSSR count). The topological polar surface area (TPSA) is 120 Å². The van der Waals surface area contributed by atoms with Crippen molar-refractivity contribution >= 4 is 17.9 Å². The van der Waals surface area contributed by atoms with Gasteiger partial charge in [0.1, 0.15) is 0 Å². The van der Waals surface area contributed by atoms with Crippen LogP contribution in [0.25, 0.3) is 0 Å². The fourth-order valence-electron chi connectivity index (χ4n) is 1.20. The van der Waals surface area contributed by atoms with Gasteiger partial charge in [-0.2, -0.15) is 0 Å². The summed E-state index contributed by atoms with van der Waals surface area (Å²) in [6.07, 6.45) is 0.791. The van der Waals surface area contributed by atoms with Gasteiger partial charge in [-0.05, 0) is 6.42 Å². The molecule has 0 bridgehead atoms. The minimum absolute atomic E-state index is 0.145. The van der Waals surface area contributed by atoms with Crippen LogP contribution >= 0.6 is 0 Å². The van der Waals surface area contributed by atoms with Crippen LogP contribution in [-0.4, -0.2) is 17.9 Å². The summed E-state index contributed by atoms with van der Waals surface area (Å²) in [5.74, 6) is -6.59. The normalized spacial score (nSPS) is 11.0. The van der Waals surface area contributed by atoms with Crippen molar-refractivity contribution in [3.63, 3.8) is 0 Å². The molecule has 0 unspecified atom stereocenters. The van der Waals surface area contributed by atoms with Crippen LogP contribution in [0.15, 0.2) is 0 Å². The molecule has 0 radical (unpaired) electrons. The van der Waals surface area contributed by atoms with E-state index in [9.17, 15) is 29.7 Å². The summed E-state index contributed by atoms with van der Waals surface area (Å²) >= 11 is 0. The molecule has 0 aromatic carbocycles. The van der Waals surface area contributed by atoms with E-state index in [0.29, 0.717) is 12.8 Å². The second-order valence-corrected chi connectivity index (χ2v) is 3.22. The summed E-state index contributed by atoms with van der Waals surface area (Å²) in [6.45, 7) is 1.80. The van der Waals surface area contributed by atoms with Gasteiger partial charge in [-0.1, -0.05) is 26.2 Å². The average Bonchev–Trinajstić information content (AvgIpc) is 2.10. The summed E-state index contributed by atoms with van der Waals surface area (Å²) in [4.78, 5) is 31.6. The number of carboxylic acids is 3. The molecule has 0 N–H and O–H groups in total. The molecule has 0 aromatic rings. The van der Waals surface area contributed by atoms with Crippen LogP contribution in [0.3, 0.4) is 0 Å². The van der Waals surface area contributed by atoms with E-state index < -0.39 is 29.7 Å². The maximum Gasteiger partial charge on any atom is 0.0887 e. The zero-order valence-corrected chi connectivity index (χ0v) is 8.28. The molecule has 0 heterocycles. The lowest BCUT2D eigenvalue weighted by Crippen LogP contribution is -2.62. The smallest absolute Gasteiger partial charge is 0.0887 e. The summed E-state index contributed by atoms with van der Waals surface area (Å²) < 4.78 is 0. The third-order valence-corrected chi connectivity index (χ3v) is 2.20. The highest BCUT2D eigenvalue weighted by Crippen LogP contribution is 2.23. The molecule has 0 amide bonds. The van der Waals surface area contributed by atoms with Crippen LogP contribution in [0.4, 0.5) is 0 Å². The lowest BCUT2D eigenvalue weighted by molar-refractivity contribution is -0.361. The first-order valence-corrected chi connectivity index (χ1v) is 4.54. The van der Waals surface area contributed by atoms with Gasteiger partial charge in [0.2, 0.25) is 0 Å². The minimum atomic E-state index is -3.03. The molecule has 6 heteroatoms. The van der Waals surface area contributed by atoms with Crippen LogP contribution in [0.2, 0.25) is 0 Å². The quantitative estimate of drug-likeness (QED) is 0.326. The SMILES string of the molecule is CCCCCC(C(=O)[O-])(C(=O)[O-])C(=O)[O-]. The molecular weight excluding hydrogens is 204 g/mol. The number of unbranched alkanes of at least 4 members (excludes halogenated alkanes) is 2. The largest absolute Gasteiger partial charge is 0.549 e. The second kappa shape index (κ2) is 5.33. The van der Waals surface area contributed by atoms with Crippen molar-refractivity contribution in [2.75, 3.05) is 0 Å². The molecule has 0 aliphatic rings. The van der Waals surface area contributed by atoms with Crippen LogP contribution in [-0.2, 0) is 14.4 Å². The van der Waals surface area contributed by atoms with Crippen LogP contribution in [0.1, 0.15) is 32.6 Å². The second-order valence-electron chi connectivity index (χ2n) is 3.22. The van der Waals surface area contributed by atoms with Crippen molar-refractivity contribution in [1.29, 1.82) is 0 Å². The van der Waals surface area contributed by atoms with Crippen molar-refractivity contribution in [3.05, 3.63) is 0 Å². The van der Waals surface area contributed by atoms with Gasteiger partial charge in [-0.25, -0.2) is 0 Å². The zero-order valence-electron chi connectivity index (χ0n) is 8.28. The van der Waals surface area contributed by atoms with Gasteiger partial charge in [-0.3, -0.25) is 0 Å². The third-order valence-electron chi connectivity index (χ3n) is 2.20. The number of hydrogen-bond acceptors (Lipinski definition) is 6. The summed E-state index contributed by atoms with van der Waals surface area (Å²) in [5, 5.41) is 31.6. The maximum absolute atomic E-state index is 10.5. The van der Waals surface area contributed by atoms with Crippen molar-refractivity contribution in [2.45, 2.75) is 32.6 Å². The van der Waals surface area contributed by atoms with Gasteiger partial charge >= 0.3 is 0 Å². The molecule has 15 heavy (non-hydrogen) atoms. The predicted molar refractivity (Wildman–Crippen MR) is 41.6 cm³/mol. The van der Waals surface area contributed by atoms with Crippen LogP contribution in [0, 0.1) is 5.41 Å². The standard InChI is InChI=1S/C9H14O6/c1-2-3-4-5-9(6(10)11,7(12)13)8(14)15/h2-5H2,1H3,(H,10,11)(H,12,13)(H,14,15)/p-3. The Labute approximate surface area is 86.5 Å². The number of aliphatic carboxylic acids is 3. The first-order valence-electron chi connectivity index (χ1n) is 4.54. The Balaban J connectivity index is 4.90. The molecule has 0 spiro atoms. The highest BCUT2D eigenvalue weighted by molar-refractivity contribution is 6.14. The lowest BCUT2D eigenvalue weighted by Gasteiger charge is -2.36. The van der Waals surface area contributed by atoms with Gasteiger partial charge in [-0.15, -0.1) is 0 Å². The lowest BCUT2D eigenvalue weighted by atomic mass is 9.82. The van der Waals surface area contributed by atoms with E-state index in [4.69, 9.17) is 0 Å². The Hall–Kier alpha value is -1.59. The van der Waals surface area contributed by atoms with Crippen molar-refractivity contribution < 1.29 is 29.7 Å². The van der Waals surface area contributed by atoms with Gasteiger partial charge in [0, 0.05) is 0 Å². The Morgan fingerprint density at radius 2 is 1.33 bits per heavy atom. The molecule has 0 aliphatic heterocycles. The molecule has 0 fully saturated rings. The van der Waals surface area contributed by atoms with Crippen LogP contribution in [0.5, 0.6) is 0 Å². The molecular formula is C9H11O6-3. The first-order chi connectivity index (χ1) is 6.89. The summed E-state index contributed by atoms with van der Waals surface area (Å²) in [7, 11) is 0. The van der Waals surface area contributed by atoms with E-state index in [2.05, 4.69) is 0 Å². The fourth-order valence-corrected chi connectivity index (χ4v) is 1.20. The number of carbonyl (C=O) groups excluding carboxylic acids is 3. The van der Waals surface area contributed by atoms with E-state index in [0.717, 1.165) is 0 Å². The maximum atomic E-state index is 10.5. The fraction of sp³-hybridized carbons (Fsp3) is 0.667. The van der Waals surface area contributed by atoms with E-state index >= 15 is 0 Å². The van der Waals surface area contributed by atoms with Gasteiger partial charge in [0.25, 0.3) is 0 Å². The van der Waals surface area contributed by atoms with E-state index in [1.165, 1.54) is 0 Å². The Morgan fingerprint density at radius 3 is 1.60 bits per heavy atom. The molecule has 0 saturated heterocycles. The van der Waals surface area contributed by atoms with Gasteiger partial charge in [0.05, 0.1) is 23.3 Å². The average molecular weight is 215 g/mol. The Morgan fingerprint density at radius 1 is 0.933 bits per heavy atom.